The largest absolute Gasteiger partial charge is 0.597 e. The molecule has 1 fully saturated rings. The van der Waals surface area contributed by atoms with E-state index in [9.17, 15) is 24.0 Å². The number of β-lactam (4-membered cyclic amide) rings is 1. The molecule has 0 spiro atoms. The predicted octanol–water partition coefficient (Wildman–Crippen LogP) is 1.72. The fourth-order valence-electron chi connectivity index (χ4n) is 2.23. The number of nitrogens with one attached hydrogen (secondary N) is 1. The molecular formula is C12H14Cl4N2O5S. The number of nitrogens with zero attached hydrogens (tertiary/aromatic N) is 1. The lowest BCUT2D eigenvalue weighted by molar-refractivity contribution is -0.160. The van der Waals surface area contributed by atoms with Crippen molar-refractivity contribution in [2.75, 3.05) is 0 Å². The van der Waals surface area contributed by atoms with Crippen molar-refractivity contribution in [2.24, 2.45) is 0 Å². The van der Waals surface area contributed by atoms with Crippen LogP contribution in [-0.4, -0.2) is 53.6 Å². The second-order valence-electron chi connectivity index (χ2n) is 5.07. The highest BCUT2D eigenvalue weighted by molar-refractivity contribution is 8.14. The van der Waals surface area contributed by atoms with E-state index >= 15 is 0 Å². The zero-order chi connectivity index (χ0) is 18.8. The molecule has 0 saturated carbocycles. The molecule has 2 amide bonds. The van der Waals surface area contributed by atoms with Crippen molar-refractivity contribution in [3.05, 3.63) is 11.6 Å². The van der Waals surface area contributed by atoms with Gasteiger partial charge in [0.25, 0.3) is 5.91 Å². The summed E-state index contributed by atoms with van der Waals surface area (Å²) in [5.41, 5.74) is 0.204. The Kier molecular flexibility index (Phi) is 7.52. The van der Waals surface area contributed by atoms with Gasteiger partial charge < -0.3 is 15.0 Å². The predicted molar refractivity (Wildman–Crippen MR) is 92.3 cm³/mol. The normalized spacial score (nSPS) is 24.2. The molecule has 0 aromatic rings. The third-order valence-corrected chi connectivity index (χ3v) is 5.12. The standard InChI is InChI=1S/C12H14Cl4N2O5S/c1-5(3-4-12(13,14)15)8(11(21)22)18-9(20)7(17-6(2)19)10(18)24(16)23/h3,7-8,10H,4H2,1-2H3,(H,17,19)(H,21,22). The third kappa shape index (κ3) is 5.31. The van der Waals surface area contributed by atoms with Gasteiger partial charge in [-0.25, -0.2) is 4.79 Å². The molecule has 7 nitrogen and oxygen atoms in total. The maximum Gasteiger partial charge on any atom is 0.330 e. The summed E-state index contributed by atoms with van der Waals surface area (Å²) in [6.07, 6.45) is 1.28. The highest BCUT2D eigenvalue weighted by atomic mass is 35.7. The number of carbonyl (C=O) groups is 3. The molecule has 0 aromatic carbocycles. The van der Waals surface area contributed by atoms with Crippen LogP contribution in [0.15, 0.2) is 11.6 Å². The molecule has 2 N–H and O–H groups in total. The lowest BCUT2D eigenvalue weighted by atomic mass is 9.98. The Balaban J connectivity index is 3.09. The summed E-state index contributed by atoms with van der Waals surface area (Å²) in [5.74, 6) is -2.61. The molecule has 4 atom stereocenters. The highest BCUT2D eigenvalue weighted by Crippen LogP contribution is 2.34. The van der Waals surface area contributed by atoms with Crippen molar-refractivity contribution in [3.8, 4) is 0 Å². The summed E-state index contributed by atoms with van der Waals surface area (Å²) in [5, 5.41) is 10.5. The Morgan fingerprint density at radius 3 is 2.38 bits per heavy atom. The van der Waals surface area contributed by atoms with Crippen molar-refractivity contribution in [2.45, 2.75) is 41.5 Å². The SMILES string of the molecule is CC(=O)NC1C(=O)N(C(C(=O)O)C(C)=CCC(Cl)(Cl)Cl)C1[S+]([O-])Cl. The Labute approximate surface area is 160 Å². The molecule has 136 valence electrons. The van der Waals surface area contributed by atoms with Crippen molar-refractivity contribution in [3.63, 3.8) is 0 Å². The van der Waals surface area contributed by atoms with E-state index in [4.69, 9.17) is 45.5 Å². The fraction of sp³-hybridized carbons (Fsp3) is 0.583. The summed E-state index contributed by atoms with van der Waals surface area (Å²) in [7, 11) is 3.47. The van der Waals surface area contributed by atoms with Crippen LogP contribution in [0.2, 0.25) is 0 Å². The van der Waals surface area contributed by atoms with Gasteiger partial charge in [0.15, 0.2) is 26.6 Å². The van der Waals surface area contributed by atoms with E-state index in [2.05, 4.69) is 5.32 Å². The van der Waals surface area contributed by atoms with Crippen molar-refractivity contribution >= 4 is 73.7 Å². The van der Waals surface area contributed by atoms with Crippen LogP contribution in [0.3, 0.4) is 0 Å². The number of carboxylic acids is 1. The number of hydrogen-bond donors (Lipinski definition) is 2. The monoisotopic (exact) mass is 438 g/mol. The number of alkyl halides is 3. The Hall–Kier alpha value is -0.380. The first-order valence-corrected chi connectivity index (χ1v) is 9.66. The Morgan fingerprint density at radius 2 is 2.00 bits per heavy atom. The van der Waals surface area contributed by atoms with E-state index in [-0.39, 0.29) is 12.0 Å². The maximum absolute atomic E-state index is 12.2. The van der Waals surface area contributed by atoms with E-state index in [1.807, 2.05) is 0 Å². The number of rotatable bonds is 6. The molecule has 24 heavy (non-hydrogen) atoms. The average Bonchev–Trinajstić information content (AvgIpc) is 2.40. The number of amides is 2. The summed E-state index contributed by atoms with van der Waals surface area (Å²) in [4.78, 5) is 35.8. The summed E-state index contributed by atoms with van der Waals surface area (Å²) < 4.78 is 10.1. The average molecular weight is 440 g/mol. The van der Waals surface area contributed by atoms with Gasteiger partial charge in [0.05, 0.1) is 10.4 Å². The minimum atomic E-state index is -2.10. The molecular weight excluding hydrogens is 426 g/mol. The summed E-state index contributed by atoms with van der Waals surface area (Å²) >= 11 is 16.9. The first-order valence-electron chi connectivity index (χ1n) is 6.49. The first kappa shape index (κ1) is 21.7. The number of allylic oxidation sites excluding steroid dienone is 1. The number of carbonyl (C=O) groups excluding carboxylic acids is 2. The molecule has 0 aromatic heterocycles. The first-order chi connectivity index (χ1) is 10.9. The highest BCUT2D eigenvalue weighted by Gasteiger charge is 2.59. The number of hydrogen-bond acceptors (Lipinski definition) is 4. The maximum atomic E-state index is 12.2. The molecule has 1 saturated heterocycles. The van der Waals surface area contributed by atoms with Crippen LogP contribution in [0.5, 0.6) is 0 Å². The van der Waals surface area contributed by atoms with Crippen LogP contribution in [0.4, 0.5) is 0 Å². The van der Waals surface area contributed by atoms with Crippen molar-refractivity contribution in [1.29, 1.82) is 0 Å². The van der Waals surface area contributed by atoms with E-state index in [0.717, 1.165) is 4.90 Å². The zero-order valence-corrected chi connectivity index (χ0v) is 16.3. The van der Waals surface area contributed by atoms with Gasteiger partial charge in [-0.3, -0.25) is 14.5 Å². The van der Waals surface area contributed by atoms with Gasteiger partial charge in [0.2, 0.25) is 11.3 Å². The molecule has 0 bridgehead atoms. The number of aliphatic carboxylic acids is 1. The van der Waals surface area contributed by atoms with Gasteiger partial charge in [-0.2, -0.15) is 0 Å². The molecule has 0 radical (unpaired) electrons. The van der Waals surface area contributed by atoms with E-state index in [0.29, 0.717) is 0 Å². The molecule has 1 aliphatic heterocycles. The Morgan fingerprint density at radius 1 is 1.46 bits per heavy atom. The zero-order valence-electron chi connectivity index (χ0n) is 12.5. The number of likely N-dealkylation sites (tertiary alicyclic amines) is 1. The number of carboxylic acid groups (broad SMARTS) is 1. The van der Waals surface area contributed by atoms with Gasteiger partial charge in [-0.05, 0) is 12.5 Å². The quantitative estimate of drug-likeness (QED) is 0.283. The van der Waals surface area contributed by atoms with Crippen LogP contribution < -0.4 is 5.32 Å². The van der Waals surface area contributed by atoms with Gasteiger partial charge in [-0.15, -0.1) is 0 Å². The lowest BCUT2D eigenvalue weighted by Gasteiger charge is -2.46. The van der Waals surface area contributed by atoms with Gasteiger partial charge in [0.1, 0.15) is 0 Å². The molecule has 1 heterocycles. The van der Waals surface area contributed by atoms with Crippen LogP contribution >= 0.6 is 45.5 Å². The van der Waals surface area contributed by atoms with Crippen molar-refractivity contribution in [1.82, 2.24) is 10.2 Å². The van der Waals surface area contributed by atoms with E-state index in [1.165, 1.54) is 19.9 Å². The van der Waals surface area contributed by atoms with Crippen LogP contribution in [0.1, 0.15) is 20.3 Å². The second kappa shape index (κ2) is 8.33. The minimum Gasteiger partial charge on any atom is -0.597 e. The third-order valence-electron chi connectivity index (χ3n) is 3.23. The van der Waals surface area contributed by atoms with Crippen molar-refractivity contribution < 1.29 is 24.0 Å². The second-order valence-corrected chi connectivity index (χ2v) is 9.48. The van der Waals surface area contributed by atoms with Gasteiger partial charge in [-0.1, -0.05) is 40.9 Å². The van der Waals surface area contributed by atoms with E-state index in [1.54, 1.807) is 0 Å². The molecule has 1 rings (SSSR count). The van der Waals surface area contributed by atoms with Crippen LogP contribution in [-0.2, 0) is 24.8 Å². The topological polar surface area (TPSA) is 110 Å². The number of halogens is 4. The Bertz CT molecular complexity index is 566. The fourth-order valence-corrected chi connectivity index (χ4v) is 3.83. The molecule has 12 heteroatoms. The minimum absolute atomic E-state index is 0.0843. The smallest absolute Gasteiger partial charge is 0.330 e. The molecule has 1 aliphatic rings. The molecule has 4 unspecified atom stereocenters. The lowest BCUT2D eigenvalue weighted by Crippen LogP contribution is -2.75. The summed E-state index contributed by atoms with van der Waals surface area (Å²) in [6.45, 7) is 2.60. The van der Waals surface area contributed by atoms with Gasteiger partial charge in [0, 0.05) is 13.3 Å². The van der Waals surface area contributed by atoms with Crippen LogP contribution in [0, 0.1) is 0 Å². The van der Waals surface area contributed by atoms with Gasteiger partial charge >= 0.3 is 5.97 Å². The molecule has 0 aliphatic carbocycles. The van der Waals surface area contributed by atoms with Crippen LogP contribution in [0.25, 0.3) is 0 Å². The van der Waals surface area contributed by atoms with E-state index < -0.39 is 49.4 Å². The summed E-state index contributed by atoms with van der Waals surface area (Å²) in [6, 6.07) is -2.59.